The summed E-state index contributed by atoms with van der Waals surface area (Å²) in [7, 11) is 0. The van der Waals surface area contributed by atoms with Gasteiger partial charge in [-0.1, -0.05) is 0 Å². The maximum absolute atomic E-state index is 11.0. The number of aliphatic hydroxyl groups is 1. The van der Waals surface area contributed by atoms with Crippen LogP contribution < -0.4 is 4.74 Å². The second-order valence-corrected chi connectivity index (χ2v) is 3.10. The van der Waals surface area contributed by atoms with Crippen LogP contribution >= 0.6 is 0 Å². The van der Waals surface area contributed by atoms with Crippen LogP contribution in [0.25, 0.3) is 0 Å². The van der Waals surface area contributed by atoms with Gasteiger partial charge in [-0.2, -0.15) is 0 Å². The number of carbonyl (C=O) groups excluding carboxylic acids is 2. The third kappa shape index (κ3) is 3.52. The molecular formula is C11H12O4. The molecule has 0 atom stereocenters. The van der Waals surface area contributed by atoms with Crippen molar-refractivity contribution >= 4 is 11.6 Å². The maximum Gasteiger partial charge on any atom is 0.188 e. The molecule has 0 heterocycles. The molecule has 0 saturated carbocycles. The summed E-state index contributed by atoms with van der Waals surface area (Å²) in [6.45, 7) is 0.949. The van der Waals surface area contributed by atoms with Crippen LogP contribution in [0.3, 0.4) is 0 Å². The molecular weight excluding hydrogens is 196 g/mol. The van der Waals surface area contributed by atoms with Crippen LogP contribution in [0.2, 0.25) is 0 Å². The molecule has 0 unspecified atom stereocenters. The zero-order valence-corrected chi connectivity index (χ0v) is 8.40. The van der Waals surface area contributed by atoms with E-state index in [0.29, 0.717) is 11.3 Å². The molecule has 0 radical (unpaired) electrons. The monoisotopic (exact) mass is 208 g/mol. The molecule has 0 aliphatic carbocycles. The summed E-state index contributed by atoms with van der Waals surface area (Å²) in [6, 6.07) is 6.28. The number of hydrogen-bond donors (Lipinski definition) is 1. The molecule has 1 rings (SSSR count). The molecule has 0 aromatic heterocycles. The molecule has 0 aliphatic rings. The first-order valence-electron chi connectivity index (χ1n) is 4.50. The largest absolute Gasteiger partial charge is 0.486 e. The fourth-order valence-corrected chi connectivity index (χ4v) is 1.01. The first-order valence-corrected chi connectivity index (χ1v) is 4.50. The van der Waals surface area contributed by atoms with E-state index in [0.717, 1.165) is 0 Å². The van der Waals surface area contributed by atoms with Gasteiger partial charge >= 0.3 is 0 Å². The molecule has 80 valence electrons. The Labute approximate surface area is 87.5 Å². The van der Waals surface area contributed by atoms with Gasteiger partial charge in [-0.25, -0.2) is 0 Å². The predicted molar refractivity (Wildman–Crippen MR) is 54.0 cm³/mol. The normalized spacial score (nSPS) is 9.73. The fraction of sp³-hybridized carbons (Fsp3) is 0.273. The molecule has 1 aromatic carbocycles. The van der Waals surface area contributed by atoms with Crippen molar-refractivity contribution in [2.24, 2.45) is 0 Å². The molecule has 4 nitrogen and oxygen atoms in total. The molecule has 0 amide bonds. The van der Waals surface area contributed by atoms with Crippen molar-refractivity contribution in [1.82, 2.24) is 0 Å². The van der Waals surface area contributed by atoms with Gasteiger partial charge in [0.1, 0.15) is 19.0 Å². The lowest BCUT2D eigenvalue weighted by molar-refractivity contribution is -0.118. The van der Waals surface area contributed by atoms with Gasteiger partial charge in [-0.15, -0.1) is 0 Å². The second kappa shape index (κ2) is 5.26. The number of aliphatic hydroxyl groups excluding tert-OH is 1. The van der Waals surface area contributed by atoms with Crippen LogP contribution in [-0.2, 0) is 4.79 Å². The Kier molecular flexibility index (Phi) is 4.00. The number of carbonyl (C=O) groups is 2. The number of ether oxygens (including phenoxy) is 1. The van der Waals surface area contributed by atoms with Gasteiger partial charge in [0.2, 0.25) is 0 Å². The quantitative estimate of drug-likeness (QED) is 0.728. The van der Waals surface area contributed by atoms with Gasteiger partial charge in [0, 0.05) is 5.56 Å². The Bertz CT molecular complexity index is 353. The third-order valence-electron chi connectivity index (χ3n) is 1.76. The van der Waals surface area contributed by atoms with Gasteiger partial charge in [0.05, 0.1) is 0 Å². The Morgan fingerprint density at radius 2 is 1.87 bits per heavy atom. The fourth-order valence-electron chi connectivity index (χ4n) is 1.01. The van der Waals surface area contributed by atoms with E-state index in [4.69, 9.17) is 9.84 Å². The first-order chi connectivity index (χ1) is 7.13. The summed E-state index contributed by atoms with van der Waals surface area (Å²) >= 11 is 0. The smallest absolute Gasteiger partial charge is 0.188 e. The highest BCUT2D eigenvalue weighted by molar-refractivity contribution is 5.96. The number of Topliss-reactive ketones (excluding diaryl/α,β-unsaturated/α-hetero) is 2. The average molecular weight is 208 g/mol. The average Bonchev–Trinajstić information content (AvgIpc) is 2.26. The molecule has 0 bridgehead atoms. The van der Waals surface area contributed by atoms with Crippen LogP contribution in [0.15, 0.2) is 24.3 Å². The molecule has 4 heteroatoms. The lowest BCUT2D eigenvalue weighted by Crippen LogP contribution is -2.07. The number of ketones is 2. The van der Waals surface area contributed by atoms with Crippen molar-refractivity contribution in [3.63, 3.8) is 0 Å². The van der Waals surface area contributed by atoms with Crippen LogP contribution in [0.4, 0.5) is 0 Å². The Hall–Kier alpha value is -1.68. The van der Waals surface area contributed by atoms with Crippen LogP contribution in [0.5, 0.6) is 5.75 Å². The maximum atomic E-state index is 11.0. The number of benzene rings is 1. The van der Waals surface area contributed by atoms with Gasteiger partial charge in [-0.3, -0.25) is 9.59 Å². The van der Waals surface area contributed by atoms with E-state index in [-0.39, 0.29) is 18.2 Å². The molecule has 0 fully saturated rings. The van der Waals surface area contributed by atoms with Gasteiger partial charge < -0.3 is 9.84 Å². The van der Waals surface area contributed by atoms with Crippen molar-refractivity contribution in [3.05, 3.63) is 29.8 Å². The third-order valence-corrected chi connectivity index (χ3v) is 1.76. The molecule has 0 saturated heterocycles. The zero-order valence-electron chi connectivity index (χ0n) is 8.40. The summed E-state index contributed by atoms with van der Waals surface area (Å²) in [5.74, 6) is 0.123. The highest BCUT2D eigenvalue weighted by Gasteiger charge is 2.03. The van der Waals surface area contributed by atoms with Crippen LogP contribution in [0, 0.1) is 0 Å². The van der Waals surface area contributed by atoms with Crippen LogP contribution in [-0.4, -0.2) is 29.9 Å². The summed E-state index contributed by atoms with van der Waals surface area (Å²) in [5.41, 5.74) is 0.424. The van der Waals surface area contributed by atoms with Gasteiger partial charge in [0.25, 0.3) is 0 Å². The summed E-state index contributed by atoms with van der Waals surface area (Å²) in [5, 5.41) is 8.61. The van der Waals surface area contributed by atoms with E-state index in [1.807, 2.05) is 0 Å². The Morgan fingerprint density at radius 1 is 1.27 bits per heavy atom. The van der Waals surface area contributed by atoms with E-state index in [1.54, 1.807) is 24.3 Å². The summed E-state index contributed by atoms with van der Waals surface area (Å²) in [6.07, 6.45) is 0. The standard InChI is InChI=1S/C11H12O4/c1-8(13)7-15-10-4-2-9(3-5-10)11(14)6-12/h2-5,12H,6-7H2,1H3. The van der Waals surface area contributed by atoms with E-state index in [1.165, 1.54) is 6.92 Å². The summed E-state index contributed by atoms with van der Waals surface area (Å²) < 4.78 is 5.11. The molecule has 1 N–H and O–H groups in total. The topological polar surface area (TPSA) is 63.6 Å². The second-order valence-electron chi connectivity index (χ2n) is 3.10. The minimum Gasteiger partial charge on any atom is -0.486 e. The highest BCUT2D eigenvalue weighted by Crippen LogP contribution is 2.12. The van der Waals surface area contributed by atoms with Crippen LogP contribution in [0.1, 0.15) is 17.3 Å². The lowest BCUT2D eigenvalue weighted by Gasteiger charge is -2.04. The van der Waals surface area contributed by atoms with E-state index >= 15 is 0 Å². The number of rotatable bonds is 5. The minimum absolute atomic E-state index is 0.0211. The van der Waals surface area contributed by atoms with E-state index in [2.05, 4.69) is 0 Å². The molecule has 0 aliphatic heterocycles. The Balaban J connectivity index is 2.64. The van der Waals surface area contributed by atoms with Gasteiger partial charge in [0.15, 0.2) is 11.6 Å². The van der Waals surface area contributed by atoms with Crippen molar-refractivity contribution in [3.8, 4) is 5.75 Å². The first kappa shape index (κ1) is 11.4. The highest BCUT2D eigenvalue weighted by atomic mass is 16.5. The van der Waals surface area contributed by atoms with Gasteiger partial charge in [-0.05, 0) is 31.2 Å². The Morgan fingerprint density at radius 3 is 2.33 bits per heavy atom. The number of hydrogen-bond acceptors (Lipinski definition) is 4. The van der Waals surface area contributed by atoms with E-state index < -0.39 is 6.61 Å². The summed E-state index contributed by atoms with van der Waals surface area (Å²) in [4.78, 5) is 21.7. The SMILES string of the molecule is CC(=O)COc1ccc(C(=O)CO)cc1. The zero-order chi connectivity index (χ0) is 11.3. The van der Waals surface area contributed by atoms with E-state index in [9.17, 15) is 9.59 Å². The predicted octanol–water partition coefficient (Wildman–Crippen LogP) is 0.829. The van der Waals surface area contributed by atoms with Crippen molar-refractivity contribution in [1.29, 1.82) is 0 Å². The molecule has 0 spiro atoms. The molecule has 15 heavy (non-hydrogen) atoms. The van der Waals surface area contributed by atoms with Crippen molar-refractivity contribution in [2.45, 2.75) is 6.92 Å². The molecule has 1 aromatic rings. The van der Waals surface area contributed by atoms with Crippen molar-refractivity contribution < 1.29 is 19.4 Å². The van der Waals surface area contributed by atoms with Crippen molar-refractivity contribution in [2.75, 3.05) is 13.2 Å². The minimum atomic E-state index is -0.506. The lowest BCUT2D eigenvalue weighted by atomic mass is 10.1.